The molecule has 0 radical (unpaired) electrons. The minimum atomic E-state index is -0.681. The number of hydrogen-bond donors (Lipinski definition) is 1. The fraction of sp³-hybridized carbons (Fsp3) is 0.438. The molecule has 1 aromatic rings. The summed E-state index contributed by atoms with van der Waals surface area (Å²) < 4.78 is 19.4. The van der Waals surface area contributed by atoms with Gasteiger partial charge in [-0.15, -0.1) is 0 Å². The highest BCUT2D eigenvalue weighted by Gasteiger charge is 2.57. The van der Waals surface area contributed by atoms with Crippen LogP contribution in [0.25, 0.3) is 6.08 Å². The third-order valence-corrected chi connectivity index (χ3v) is 4.57. The predicted octanol–water partition coefficient (Wildman–Crippen LogP) is 3.77. The standard InChI is InChI=1S/C16H17ClFNO2/c1-2-21-6-5-11-3-4-12(17)14(18)13(11)15(20)19-16-7-10(8-16)9-16/h3-6,10H,2,7-9H2,1H3,(H,19,20)/b6-5+. The molecule has 21 heavy (non-hydrogen) atoms. The second-order valence-electron chi connectivity index (χ2n) is 5.80. The van der Waals surface area contributed by atoms with Crippen molar-refractivity contribution < 1.29 is 13.9 Å². The minimum absolute atomic E-state index is 0.0109. The summed E-state index contributed by atoms with van der Waals surface area (Å²) in [5, 5.41) is 2.91. The fourth-order valence-electron chi connectivity index (χ4n) is 3.09. The lowest BCUT2D eigenvalue weighted by Crippen LogP contribution is -2.68. The van der Waals surface area contributed by atoms with Crippen molar-refractivity contribution in [2.24, 2.45) is 5.92 Å². The third kappa shape index (κ3) is 2.53. The van der Waals surface area contributed by atoms with Crippen LogP contribution in [0.5, 0.6) is 0 Å². The molecule has 3 nitrogen and oxygen atoms in total. The average Bonchev–Trinajstić information content (AvgIpc) is 2.37. The zero-order valence-electron chi connectivity index (χ0n) is 11.8. The van der Waals surface area contributed by atoms with Gasteiger partial charge in [-0.25, -0.2) is 4.39 Å². The summed E-state index contributed by atoms with van der Waals surface area (Å²) in [5.74, 6) is -0.337. The predicted molar refractivity (Wildman–Crippen MR) is 79.6 cm³/mol. The van der Waals surface area contributed by atoms with Crippen LogP contribution in [-0.4, -0.2) is 18.1 Å². The van der Waals surface area contributed by atoms with E-state index in [1.54, 1.807) is 12.1 Å². The molecule has 5 heteroatoms. The molecular formula is C16H17ClFNO2. The van der Waals surface area contributed by atoms with E-state index in [2.05, 4.69) is 5.32 Å². The number of carbonyl (C=O) groups is 1. The van der Waals surface area contributed by atoms with Crippen LogP contribution >= 0.6 is 11.6 Å². The second kappa shape index (κ2) is 5.34. The summed E-state index contributed by atoms with van der Waals surface area (Å²) in [6.07, 6.45) is 6.06. The molecule has 4 rings (SSSR count). The summed E-state index contributed by atoms with van der Waals surface area (Å²) in [4.78, 5) is 12.4. The first-order chi connectivity index (χ1) is 10.0. The normalized spacial score (nSPS) is 26.1. The van der Waals surface area contributed by atoms with Crippen LogP contribution < -0.4 is 5.32 Å². The van der Waals surface area contributed by atoms with Gasteiger partial charge in [-0.05, 0) is 49.8 Å². The van der Waals surface area contributed by atoms with Gasteiger partial charge in [-0.2, -0.15) is 0 Å². The third-order valence-electron chi connectivity index (χ3n) is 4.28. The molecule has 0 aliphatic heterocycles. The Morgan fingerprint density at radius 3 is 2.81 bits per heavy atom. The van der Waals surface area contributed by atoms with Crippen LogP contribution in [0.2, 0.25) is 5.02 Å². The summed E-state index contributed by atoms with van der Waals surface area (Å²) in [5.41, 5.74) is 0.356. The van der Waals surface area contributed by atoms with Crippen molar-refractivity contribution in [1.82, 2.24) is 5.32 Å². The summed E-state index contributed by atoms with van der Waals surface area (Å²) in [6.45, 7) is 2.36. The molecule has 0 atom stereocenters. The van der Waals surface area contributed by atoms with Crippen LogP contribution in [0, 0.1) is 11.7 Å². The number of ether oxygens (including phenoxy) is 1. The zero-order chi connectivity index (χ0) is 15.0. The Balaban J connectivity index is 1.86. The molecule has 0 unspecified atom stereocenters. The smallest absolute Gasteiger partial charge is 0.255 e. The van der Waals surface area contributed by atoms with E-state index >= 15 is 0 Å². The van der Waals surface area contributed by atoms with Gasteiger partial charge in [0, 0.05) is 5.54 Å². The molecule has 0 saturated heterocycles. The van der Waals surface area contributed by atoms with Crippen molar-refractivity contribution in [3.8, 4) is 0 Å². The molecule has 0 heterocycles. The summed E-state index contributed by atoms with van der Waals surface area (Å²) >= 11 is 5.81. The van der Waals surface area contributed by atoms with E-state index in [-0.39, 0.29) is 16.1 Å². The van der Waals surface area contributed by atoms with Crippen molar-refractivity contribution in [3.05, 3.63) is 40.4 Å². The van der Waals surface area contributed by atoms with Crippen molar-refractivity contribution in [1.29, 1.82) is 0 Å². The van der Waals surface area contributed by atoms with Gasteiger partial charge in [0.1, 0.15) is 0 Å². The SMILES string of the molecule is CCO/C=C/c1ccc(Cl)c(F)c1C(=O)NC12CC(C1)C2. The van der Waals surface area contributed by atoms with Gasteiger partial charge in [0.25, 0.3) is 5.91 Å². The molecule has 3 fully saturated rings. The number of benzene rings is 1. The number of carbonyl (C=O) groups excluding carboxylic acids is 1. The van der Waals surface area contributed by atoms with Gasteiger partial charge in [-0.3, -0.25) is 4.79 Å². The molecule has 0 spiro atoms. The number of rotatable bonds is 5. The minimum Gasteiger partial charge on any atom is -0.501 e. The maximum Gasteiger partial charge on any atom is 0.255 e. The monoisotopic (exact) mass is 309 g/mol. The van der Waals surface area contributed by atoms with E-state index in [0.29, 0.717) is 12.2 Å². The molecule has 112 valence electrons. The van der Waals surface area contributed by atoms with Gasteiger partial charge in [-0.1, -0.05) is 17.7 Å². The maximum absolute atomic E-state index is 14.3. The Morgan fingerprint density at radius 1 is 1.52 bits per heavy atom. The van der Waals surface area contributed by atoms with E-state index in [4.69, 9.17) is 16.3 Å². The van der Waals surface area contributed by atoms with E-state index in [9.17, 15) is 9.18 Å². The Morgan fingerprint density at radius 2 is 2.24 bits per heavy atom. The van der Waals surface area contributed by atoms with Gasteiger partial charge < -0.3 is 10.1 Å². The van der Waals surface area contributed by atoms with Crippen LogP contribution in [-0.2, 0) is 4.74 Å². The van der Waals surface area contributed by atoms with Crippen molar-refractivity contribution in [2.45, 2.75) is 31.7 Å². The number of amides is 1. The Kier molecular flexibility index (Phi) is 3.66. The molecule has 1 N–H and O–H groups in total. The summed E-state index contributed by atoms with van der Waals surface area (Å²) in [7, 11) is 0. The largest absolute Gasteiger partial charge is 0.501 e. The van der Waals surface area contributed by atoms with Gasteiger partial charge in [0.05, 0.1) is 23.5 Å². The lowest BCUT2D eigenvalue weighted by atomic mass is 9.50. The van der Waals surface area contributed by atoms with Crippen molar-refractivity contribution >= 4 is 23.6 Å². The lowest BCUT2D eigenvalue weighted by molar-refractivity contribution is -0.0439. The zero-order valence-corrected chi connectivity index (χ0v) is 12.5. The highest BCUT2D eigenvalue weighted by Crippen LogP contribution is 2.57. The van der Waals surface area contributed by atoms with Gasteiger partial charge in [0.15, 0.2) is 5.82 Å². The first-order valence-electron chi connectivity index (χ1n) is 7.13. The molecular weight excluding hydrogens is 293 g/mol. The van der Waals surface area contributed by atoms with Crippen LogP contribution in [0.1, 0.15) is 42.1 Å². The Labute approximate surface area is 128 Å². The topological polar surface area (TPSA) is 38.3 Å². The average molecular weight is 310 g/mol. The van der Waals surface area contributed by atoms with Crippen LogP contribution in [0.4, 0.5) is 4.39 Å². The lowest BCUT2D eigenvalue weighted by Gasteiger charge is -2.61. The fourth-order valence-corrected chi connectivity index (χ4v) is 3.25. The highest BCUT2D eigenvalue weighted by molar-refractivity contribution is 6.31. The maximum atomic E-state index is 14.3. The van der Waals surface area contributed by atoms with Gasteiger partial charge in [0.2, 0.25) is 0 Å². The highest BCUT2D eigenvalue weighted by atomic mass is 35.5. The quantitative estimate of drug-likeness (QED) is 0.841. The molecule has 3 saturated carbocycles. The van der Waals surface area contributed by atoms with E-state index in [0.717, 1.165) is 25.2 Å². The first-order valence-corrected chi connectivity index (χ1v) is 7.51. The second-order valence-corrected chi connectivity index (χ2v) is 6.20. The number of hydrogen-bond acceptors (Lipinski definition) is 2. The van der Waals surface area contributed by atoms with E-state index in [1.165, 1.54) is 12.3 Å². The molecule has 1 aromatic carbocycles. The Bertz CT molecular complexity index is 598. The first kappa shape index (κ1) is 14.4. The molecule has 3 aliphatic carbocycles. The molecule has 1 amide bonds. The number of halogens is 2. The summed E-state index contributed by atoms with van der Waals surface area (Å²) in [6, 6.07) is 3.07. The number of nitrogens with one attached hydrogen (secondary N) is 1. The van der Waals surface area contributed by atoms with Gasteiger partial charge >= 0.3 is 0 Å². The van der Waals surface area contributed by atoms with E-state index in [1.807, 2.05) is 6.92 Å². The van der Waals surface area contributed by atoms with Crippen molar-refractivity contribution in [2.75, 3.05) is 6.61 Å². The van der Waals surface area contributed by atoms with E-state index < -0.39 is 11.7 Å². The molecule has 2 bridgehead atoms. The van der Waals surface area contributed by atoms with Crippen LogP contribution in [0.15, 0.2) is 18.4 Å². The van der Waals surface area contributed by atoms with Crippen LogP contribution in [0.3, 0.4) is 0 Å². The Hall–Kier alpha value is -1.55. The van der Waals surface area contributed by atoms with Crippen molar-refractivity contribution in [3.63, 3.8) is 0 Å². The molecule has 0 aromatic heterocycles. The molecule has 3 aliphatic rings.